The summed E-state index contributed by atoms with van der Waals surface area (Å²) >= 11 is 4.18. The zero-order valence-corrected chi connectivity index (χ0v) is 16.3. The van der Waals surface area contributed by atoms with Gasteiger partial charge >= 0.3 is 18.0 Å². The van der Waals surface area contributed by atoms with E-state index >= 15 is 0 Å². The van der Waals surface area contributed by atoms with E-state index < -0.39 is 46.9 Å². The molecule has 0 radical (unpaired) electrons. The van der Waals surface area contributed by atoms with Crippen molar-refractivity contribution in [3.05, 3.63) is 58.9 Å². The molecule has 0 saturated carbocycles. The summed E-state index contributed by atoms with van der Waals surface area (Å²) in [4.78, 5) is 9.73. The molecule has 14 heteroatoms. The second kappa shape index (κ2) is 12.9. The maximum absolute atomic E-state index is 12.5. The molecule has 0 atom stereocenters. The maximum atomic E-state index is 12.5. The fourth-order valence-electron chi connectivity index (χ4n) is 1.52. The molecule has 0 spiro atoms. The lowest BCUT2D eigenvalue weighted by Crippen LogP contribution is -2.22. The number of nitriles is 2. The molecule has 2 aromatic rings. The van der Waals surface area contributed by atoms with E-state index in [2.05, 4.69) is 21.1 Å². The molecule has 0 unspecified atom stereocenters. The molecule has 0 fully saturated rings. The number of aromatic hydroxyl groups is 1. The topological polar surface area (TPSA) is 103 Å². The SMILES string of the molecule is COC(=O)C(F)(F)Cl.N#Cc1cc(F)c(F)cc1O.N#Cc1ccc(F)cc1OC(F)F. The Labute approximate surface area is 180 Å². The monoisotopic (exact) mass is 486 g/mol. The number of rotatable bonds is 3. The van der Waals surface area contributed by atoms with Crippen molar-refractivity contribution >= 4 is 17.6 Å². The van der Waals surface area contributed by atoms with Gasteiger partial charge in [-0.1, -0.05) is 0 Å². The summed E-state index contributed by atoms with van der Waals surface area (Å²) in [6, 6.07) is 7.13. The van der Waals surface area contributed by atoms with E-state index in [1.54, 1.807) is 6.07 Å². The predicted octanol–water partition coefficient (Wildman–Crippen LogP) is 4.83. The van der Waals surface area contributed by atoms with Gasteiger partial charge in [-0.2, -0.15) is 28.1 Å². The number of ether oxygens (including phenoxy) is 2. The van der Waals surface area contributed by atoms with Gasteiger partial charge in [0.25, 0.3) is 0 Å². The van der Waals surface area contributed by atoms with Gasteiger partial charge in [-0.15, -0.1) is 0 Å². The van der Waals surface area contributed by atoms with Crippen molar-refractivity contribution in [3.63, 3.8) is 0 Å². The average Bonchev–Trinajstić information content (AvgIpc) is 2.70. The van der Waals surface area contributed by atoms with E-state index in [1.807, 2.05) is 0 Å². The minimum Gasteiger partial charge on any atom is -0.506 e. The fourth-order valence-corrected chi connectivity index (χ4v) is 1.60. The van der Waals surface area contributed by atoms with Crippen LogP contribution in [0, 0.1) is 40.1 Å². The number of esters is 1. The summed E-state index contributed by atoms with van der Waals surface area (Å²) in [5.74, 6) is -5.77. The Hall–Kier alpha value is -3.71. The third kappa shape index (κ3) is 9.86. The third-order valence-electron chi connectivity index (χ3n) is 2.86. The van der Waals surface area contributed by atoms with Crippen LogP contribution in [0.1, 0.15) is 11.1 Å². The van der Waals surface area contributed by atoms with Crippen LogP contribution in [0.15, 0.2) is 30.3 Å². The van der Waals surface area contributed by atoms with Crippen LogP contribution in [0.5, 0.6) is 11.5 Å². The van der Waals surface area contributed by atoms with Gasteiger partial charge in [0.2, 0.25) is 0 Å². The summed E-state index contributed by atoms with van der Waals surface area (Å²) in [7, 11) is 0.832. The zero-order valence-electron chi connectivity index (χ0n) is 15.6. The molecule has 2 rings (SSSR count). The van der Waals surface area contributed by atoms with Crippen molar-refractivity contribution in [1.82, 2.24) is 0 Å². The van der Waals surface area contributed by atoms with Gasteiger partial charge in [0.15, 0.2) is 11.6 Å². The first kappa shape index (κ1) is 28.3. The van der Waals surface area contributed by atoms with Crippen molar-refractivity contribution in [2.45, 2.75) is 12.0 Å². The molecule has 0 aliphatic carbocycles. The Bertz CT molecular complexity index is 1020. The number of benzene rings is 2. The Balaban J connectivity index is 0.000000465. The molecular weight excluding hydrogens is 477 g/mol. The van der Waals surface area contributed by atoms with Gasteiger partial charge in [0.05, 0.1) is 18.2 Å². The van der Waals surface area contributed by atoms with Gasteiger partial charge in [-0.05, 0) is 29.8 Å². The molecule has 0 saturated heterocycles. The van der Waals surface area contributed by atoms with Gasteiger partial charge in [0, 0.05) is 12.1 Å². The number of carbonyl (C=O) groups excluding carboxylic acids is 1. The second-order valence-corrected chi connectivity index (χ2v) is 5.49. The minimum absolute atomic E-state index is 0.123. The molecule has 0 amide bonds. The number of hydrogen-bond donors (Lipinski definition) is 1. The molecule has 0 bridgehead atoms. The number of hydrogen-bond acceptors (Lipinski definition) is 6. The zero-order chi connectivity index (χ0) is 25.1. The largest absolute Gasteiger partial charge is 0.506 e. The van der Waals surface area contributed by atoms with Crippen molar-refractivity contribution in [1.29, 1.82) is 10.5 Å². The average molecular weight is 487 g/mol. The smallest absolute Gasteiger partial charge is 0.417 e. The first-order valence-corrected chi connectivity index (χ1v) is 8.02. The van der Waals surface area contributed by atoms with Crippen LogP contribution in [0.3, 0.4) is 0 Å². The standard InChI is InChI=1S/C8H4F3NO.C7H3F2NO.C3H3ClF2O2/c9-6-2-1-5(4-12)7(3-6)13-8(10)11;8-5-1-4(3-10)7(11)2-6(5)9;1-8-2(7)3(4,5)6/h1-3,8H;1-2,11H;1H3. The lowest BCUT2D eigenvalue weighted by atomic mass is 10.2. The molecule has 172 valence electrons. The maximum Gasteiger partial charge on any atom is 0.417 e. The van der Waals surface area contributed by atoms with Crippen molar-refractivity contribution in [3.8, 4) is 23.6 Å². The Morgan fingerprint density at radius 3 is 2.00 bits per heavy atom. The molecular formula is C18H10ClF7N2O4. The first-order valence-electron chi connectivity index (χ1n) is 7.64. The summed E-state index contributed by atoms with van der Waals surface area (Å²) in [6.45, 7) is -3.06. The highest BCUT2D eigenvalue weighted by Crippen LogP contribution is 2.21. The van der Waals surface area contributed by atoms with Crippen LogP contribution in [-0.2, 0) is 9.53 Å². The van der Waals surface area contributed by atoms with E-state index in [9.17, 15) is 35.5 Å². The number of nitrogens with zero attached hydrogens (tertiary/aromatic N) is 2. The van der Waals surface area contributed by atoms with Gasteiger partial charge in [-0.3, -0.25) is 0 Å². The van der Waals surface area contributed by atoms with E-state index in [0.717, 1.165) is 25.3 Å². The normalized spacial score (nSPS) is 9.88. The molecule has 0 aliphatic heterocycles. The molecule has 32 heavy (non-hydrogen) atoms. The van der Waals surface area contributed by atoms with Crippen molar-refractivity contribution in [2.75, 3.05) is 7.11 Å². The Morgan fingerprint density at radius 1 is 1.06 bits per heavy atom. The molecule has 0 aliphatic rings. The number of alkyl halides is 5. The van der Waals surface area contributed by atoms with E-state index in [-0.39, 0.29) is 11.1 Å². The minimum atomic E-state index is -3.88. The number of phenols is 1. The highest BCUT2D eigenvalue weighted by Gasteiger charge is 2.36. The molecule has 0 heterocycles. The van der Waals surface area contributed by atoms with Crippen LogP contribution < -0.4 is 4.74 Å². The fraction of sp³-hybridized carbons (Fsp3) is 0.167. The number of halogens is 8. The summed E-state index contributed by atoms with van der Waals surface area (Å²) in [5.41, 5.74) is -0.398. The third-order valence-corrected chi connectivity index (χ3v) is 3.01. The lowest BCUT2D eigenvalue weighted by molar-refractivity contribution is -0.157. The van der Waals surface area contributed by atoms with Crippen LogP contribution in [0.25, 0.3) is 0 Å². The van der Waals surface area contributed by atoms with Gasteiger partial charge in [0.1, 0.15) is 29.5 Å². The van der Waals surface area contributed by atoms with Crippen LogP contribution in [0.4, 0.5) is 30.7 Å². The van der Waals surface area contributed by atoms with E-state index in [1.165, 1.54) is 6.07 Å². The summed E-state index contributed by atoms with van der Waals surface area (Å²) in [6.07, 6.45) is 0. The Kier molecular flexibility index (Phi) is 11.4. The molecule has 6 nitrogen and oxygen atoms in total. The quantitative estimate of drug-likeness (QED) is 0.378. The van der Waals surface area contributed by atoms with Crippen molar-refractivity contribution < 1.29 is 50.1 Å². The molecule has 0 aromatic heterocycles. The van der Waals surface area contributed by atoms with Gasteiger partial charge in [-0.25, -0.2) is 18.0 Å². The van der Waals surface area contributed by atoms with Crippen LogP contribution >= 0.6 is 11.6 Å². The number of methoxy groups -OCH3 is 1. The summed E-state index contributed by atoms with van der Waals surface area (Å²) in [5, 5.41) is 21.6. The number of carbonyl (C=O) groups is 1. The Morgan fingerprint density at radius 2 is 1.59 bits per heavy atom. The molecule has 2 aromatic carbocycles. The highest BCUT2D eigenvalue weighted by molar-refractivity contribution is 6.31. The molecule has 1 N–H and O–H groups in total. The van der Waals surface area contributed by atoms with E-state index in [0.29, 0.717) is 12.1 Å². The van der Waals surface area contributed by atoms with Crippen molar-refractivity contribution in [2.24, 2.45) is 0 Å². The van der Waals surface area contributed by atoms with Crippen LogP contribution in [-0.4, -0.2) is 30.2 Å². The summed E-state index contributed by atoms with van der Waals surface area (Å²) < 4.78 is 90.8. The second-order valence-electron chi connectivity index (χ2n) is 5.02. The first-order chi connectivity index (χ1) is 14.8. The predicted molar refractivity (Wildman–Crippen MR) is 93.3 cm³/mol. The van der Waals surface area contributed by atoms with E-state index in [4.69, 9.17) is 15.6 Å². The highest BCUT2D eigenvalue weighted by atomic mass is 35.5. The lowest BCUT2D eigenvalue weighted by Gasteiger charge is -2.05. The number of phenolic OH excluding ortho intramolecular Hbond substituents is 1. The van der Waals surface area contributed by atoms with Crippen LogP contribution in [0.2, 0.25) is 0 Å². The van der Waals surface area contributed by atoms with Gasteiger partial charge < -0.3 is 14.6 Å².